The highest BCUT2D eigenvalue weighted by Gasteiger charge is 2.24. The van der Waals surface area contributed by atoms with E-state index >= 15 is 8.78 Å². The van der Waals surface area contributed by atoms with Gasteiger partial charge in [0.25, 0.3) is 5.91 Å². The lowest BCUT2D eigenvalue weighted by Crippen LogP contribution is -2.24. The van der Waals surface area contributed by atoms with E-state index in [-0.39, 0.29) is 23.2 Å². The maximum Gasteiger partial charge on any atom is 0.277 e. The largest absolute Gasteiger partial charge is 0.350 e. The summed E-state index contributed by atoms with van der Waals surface area (Å²) in [5.41, 5.74) is 2.52. The Labute approximate surface area is 202 Å². The molecule has 3 N–H and O–H groups in total. The minimum Gasteiger partial charge on any atom is -0.350 e. The maximum atomic E-state index is 15.3. The Morgan fingerprint density at radius 2 is 1.91 bits per heavy atom. The van der Waals surface area contributed by atoms with Crippen LogP contribution in [0.1, 0.15) is 34.0 Å². The smallest absolute Gasteiger partial charge is 0.277 e. The fraction of sp³-hybridized carbons (Fsp3) is 0.217. The van der Waals surface area contributed by atoms with Crippen molar-refractivity contribution in [2.45, 2.75) is 20.3 Å². The average molecular weight is 509 g/mol. The number of aromatic nitrogens is 1. The zero-order chi connectivity index (χ0) is 24.8. The molecule has 0 radical (unpaired) electrons. The van der Waals surface area contributed by atoms with E-state index in [9.17, 15) is 9.18 Å². The van der Waals surface area contributed by atoms with Gasteiger partial charge in [0.15, 0.2) is 11.6 Å². The molecule has 1 aromatic heterocycles. The number of halogens is 3. The van der Waals surface area contributed by atoms with E-state index in [2.05, 4.69) is 34.6 Å². The molecule has 2 aromatic carbocycles. The van der Waals surface area contributed by atoms with Crippen LogP contribution < -0.4 is 20.8 Å². The number of anilines is 3. The highest BCUT2D eigenvalue weighted by atomic mass is 32.2. The van der Waals surface area contributed by atoms with Gasteiger partial charge in [0.05, 0.1) is 24.0 Å². The Morgan fingerprint density at radius 1 is 1.15 bits per heavy atom. The van der Waals surface area contributed by atoms with Crippen LogP contribution in [0.5, 0.6) is 0 Å². The van der Waals surface area contributed by atoms with Gasteiger partial charge in [-0.2, -0.15) is 0 Å². The molecule has 0 aliphatic heterocycles. The van der Waals surface area contributed by atoms with Crippen molar-refractivity contribution < 1.29 is 22.8 Å². The first kappa shape index (κ1) is 25.8. The van der Waals surface area contributed by atoms with E-state index in [0.29, 0.717) is 22.2 Å². The number of rotatable bonds is 9. The number of hydrogen-bond donors (Lipinski definition) is 3. The summed E-state index contributed by atoms with van der Waals surface area (Å²) in [6, 6.07) is 7.14. The first-order chi connectivity index (χ1) is 16.3. The summed E-state index contributed by atoms with van der Waals surface area (Å²) < 4.78 is 47.9. The zero-order valence-electron chi connectivity index (χ0n) is 18.8. The molecule has 1 amide bonds. The van der Waals surface area contributed by atoms with Crippen molar-refractivity contribution in [3.05, 3.63) is 76.2 Å². The van der Waals surface area contributed by atoms with Gasteiger partial charge in [-0.3, -0.25) is 9.63 Å². The Balaban J connectivity index is 2.06. The summed E-state index contributed by atoms with van der Waals surface area (Å²) in [7, 11) is 3.76. The molecular formula is C23H24F3N4O2PS. The number of carbonyl (C=O) groups excluding carboxylic acids is 1. The van der Waals surface area contributed by atoms with E-state index in [4.69, 9.17) is 0 Å². The van der Waals surface area contributed by atoms with Gasteiger partial charge in [0.2, 0.25) is 0 Å². The van der Waals surface area contributed by atoms with Crippen molar-refractivity contribution in [3.8, 4) is 0 Å². The van der Waals surface area contributed by atoms with Crippen molar-refractivity contribution in [1.29, 1.82) is 0 Å². The number of pyridine rings is 1. The number of nitrogens with one attached hydrogen (secondary N) is 3. The fourth-order valence-electron chi connectivity index (χ4n) is 3.21. The standard InChI is InChI=1S/C23H24F3N4O2PS/c1-4-34-30-22-21(33)13(7-8-27-22)10-14-11-15(23(31)29-32-3)20(19(26)18(14)25)28-17-6-5-12(2)9-16(17)24/h5-9,11,28H,4,10,33H2,1-3H3,(H,27,30)(H,29,31). The molecule has 0 aliphatic rings. The Bertz CT molecular complexity index is 1210. The molecule has 34 heavy (non-hydrogen) atoms. The first-order valence-electron chi connectivity index (χ1n) is 10.2. The SMILES string of the molecule is CCSNc1nccc(Cc2cc(C(=O)NOC)c(Nc3ccc(C)cc3F)c(F)c2F)c1P. The lowest BCUT2D eigenvalue weighted by atomic mass is 10.00. The molecule has 3 aromatic rings. The molecule has 3 rings (SSSR count). The predicted octanol–water partition coefficient (Wildman–Crippen LogP) is 5.01. The summed E-state index contributed by atoms with van der Waals surface area (Å²) in [5.74, 6) is -2.55. The van der Waals surface area contributed by atoms with Crippen LogP contribution in [0.25, 0.3) is 0 Å². The molecule has 1 atom stereocenters. The van der Waals surface area contributed by atoms with Crippen LogP contribution in [0, 0.1) is 24.4 Å². The molecule has 0 saturated heterocycles. The molecule has 0 fully saturated rings. The van der Waals surface area contributed by atoms with Crippen LogP contribution in [0.2, 0.25) is 0 Å². The summed E-state index contributed by atoms with van der Waals surface area (Å²) in [4.78, 5) is 21.5. The summed E-state index contributed by atoms with van der Waals surface area (Å²) in [5, 5.41) is 3.21. The van der Waals surface area contributed by atoms with Gasteiger partial charge in [-0.1, -0.05) is 24.9 Å². The van der Waals surface area contributed by atoms with Gasteiger partial charge < -0.3 is 10.0 Å². The van der Waals surface area contributed by atoms with Crippen LogP contribution in [-0.2, 0) is 11.3 Å². The van der Waals surface area contributed by atoms with Gasteiger partial charge in [-0.25, -0.2) is 23.6 Å². The number of nitrogens with zero attached hydrogens (tertiary/aromatic N) is 1. The Morgan fingerprint density at radius 3 is 2.59 bits per heavy atom. The second-order valence-corrected chi connectivity index (χ2v) is 8.92. The van der Waals surface area contributed by atoms with Crippen molar-refractivity contribution in [2.24, 2.45) is 0 Å². The number of hydrogen-bond acceptors (Lipinski definition) is 6. The Kier molecular flexibility index (Phi) is 8.77. The lowest BCUT2D eigenvalue weighted by Gasteiger charge is -2.17. The van der Waals surface area contributed by atoms with E-state index in [0.717, 1.165) is 5.75 Å². The van der Waals surface area contributed by atoms with Gasteiger partial charge in [-0.05, 0) is 47.9 Å². The highest BCUT2D eigenvalue weighted by Crippen LogP contribution is 2.31. The highest BCUT2D eigenvalue weighted by molar-refractivity contribution is 8.00. The Hall–Kier alpha value is -2.81. The monoisotopic (exact) mass is 508 g/mol. The lowest BCUT2D eigenvalue weighted by molar-refractivity contribution is 0.0538. The third kappa shape index (κ3) is 5.81. The molecule has 0 aliphatic carbocycles. The topological polar surface area (TPSA) is 75.3 Å². The van der Waals surface area contributed by atoms with Crippen LogP contribution in [0.4, 0.5) is 30.4 Å². The average Bonchev–Trinajstić information content (AvgIpc) is 2.80. The van der Waals surface area contributed by atoms with Crippen molar-refractivity contribution >= 4 is 49.6 Å². The van der Waals surface area contributed by atoms with Gasteiger partial charge in [0, 0.05) is 23.7 Å². The van der Waals surface area contributed by atoms with Crippen LogP contribution >= 0.6 is 21.2 Å². The molecule has 11 heteroatoms. The van der Waals surface area contributed by atoms with E-state index in [1.54, 1.807) is 25.3 Å². The number of amides is 1. The van der Waals surface area contributed by atoms with E-state index < -0.39 is 29.0 Å². The molecule has 1 heterocycles. The van der Waals surface area contributed by atoms with Gasteiger partial charge >= 0.3 is 0 Å². The van der Waals surface area contributed by atoms with Crippen molar-refractivity contribution in [3.63, 3.8) is 0 Å². The normalized spacial score (nSPS) is 10.8. The van der Waals surface area contributed by atoms with Crippen LogP contribution in [0.3, 0.4) is 0 Å². The molecule has 180 valence electrons. The number of benzene rings is 2. The third-order valence-electron chi connectivity index (χ3n) is 4.88. The molecule has 0 bridgehead atoms. The minimum atomic E-state index is -1.31. The van der Waals surface area contributed by atoms with E-state index in [1.807, 2.05) is 6.92 Å². The first-order valence-corrected chi connectivity index (χ1v) is 11.8. The molecule has 0 saturated carbocycles. The fourth-order valence-corrected chi connectivity index (χ4v) is 4.10. The molecule has 6 nitrogen and oxygen atoms in total. The van der Waals surface area contributed by atoms with Gasteiger partial charge in [-0.15, -0.1) is 9.24 Å². The summed E-state index contributed by atoms with van der Waals surface area (Å²) in [6.45, 7) is 3.67. The number of carbonyl (C=O) groups is 1. The van der Waals surface area contributed by atoms with Crippen molar-refractivity contribution in [1.82, 2.24) is 10.5 Å². The molecular weight excluding hydrogens is 484 g/mol. The number of aryl methyl sites for hydroxylation is 1. The molecule has 0 spiro atoms. The van der Waals surface area contributed by atoms with Crippen LogP contribution in [-0.4, -0.2) is 23.8 Å². The third-order valence-corrected chi connectivity index (χ3v) is 6.15. The second-order valence-electron chi connectivity index (χ2n) is 7.27. The maximum absolute atomic E-state index is 15.3. The quantitative estimate of drug-likeness (QED) is 0.214. The summed E-state index contributed by atoms with van der Waals surface area (Å²) in [6.07, 6.45) is 1.55. The summed E-state index contributed by atoms with van der Waals surface area (Å²) >= 11 is 1.45. The van der Waals surface area contributed by atoms with Gasteiger partial charge in [0.1, 0.15) is 11.6 Å². The van der Waals surface area contributed by atoms with Crippen LogP contribution in [0.15, 0.2) is 36.5 Å². The second kappa shape index (κ2) is 11.6. The van der Waals surface area contributed by atoms with Crippen molar-refractivity contribution in [2.75, 3.05) is 22.9 Å². The number of hydroxylamine groups is 1. The minimum absolute atomic E-state index is 0.0119. The zero-order valence-corrected chi connectivity index (χ0v) is 20.7. The predicted molar refractivity (Wildman–Crippen MR) is 133 cm³/mol. The molecule has 1 unspecified atom stereocenters. The van der Waals surface area contributed by atoms with E-state index in [1.165, 1.54) is 37.3 Å².